The van der Waals surface area contributed by atoms with Crippen LogP contribution in [0.5, 0.6) is 0 Å². The second-order valence-electron chi connectivity index (χ2n) is 4.29. The molecule has 3 heterocycles. The van der Waals surface area contributed by atoms with Crippen LogP contribution in [0.4, 0.5) is 5.82 Å². The lowest BCUT2D eigenvalue weighted by Crippen LogP contribution is -2.05. The summed E-state index contributed by atoms with van der Waals surface area (Å²) in [6, 6.07) is 7.48. The largest absolute Gasteiger partial charge is 0.366 e. The molecule has 8 heteroatoms. The molecule has 0 aliphatic carbocycles. The molecule has 3 rings (SSSR count). The number of nitrogens with one attached hydrogen (secondary N) is 3. The molecule has 5 nitrogen and oxygen atoms in total. The average Bonchev–Trinajstić information content (AvgIpc) is 3.08. The van der Waals surface area contributed by atoms with Gasteiger partial charge in [0.1, 0.15) is 5.82 Å². The van der Waals surface area contributed by atoms with Gasteiger partial charge in [-0.2, -0.15) is 5.10 Å². The fourth-order valence-corrected chi connectivity index (χ4v) is 3.18. The van der Waals surface area contributed by atoms with Gasteiger partial charge in [-0.15, -0.1) is 11.3 Å². The van der Waals surface area contributed by atoms with Crippen molar-refractivity contribution < 1.29 is 0 Å². The zero-order chi connectivity index (χ0) is 14.8. The van der Waals surface area contributed by atoms with E-state index in [-0.39, 0.29) is 5.56 Å². The molecular weight excluding hydrogens is 376 g/mol. The third-order valence-corrected chi connectivity index (χ3v) is 4.63. The van der Waals surface area contributed by atoms with Gasteiger partial charge in [-0.25, -0.2) is 0 Å². The third-order valence-electron chi connectivity index (χ3n) is 2.81. The van der Waals surface area contributed by atoms with Gasteiger partial charge in [0.15, 0.2) is 0 Å². The summed E-state index contributed by atoms with van der Waals surface area (Å²) in [5, 5.41) is 10.4. The summed E-state index contributed by atoms with van der Waals surface area (Å²) in [6.45, 7) is 0.675. The fourth-order valence-electron chi connectivity index (χ4n) is 1.79. The molecule has 0 atom stereocenters. The summed E-state index contributed by atoms with van der Waals surface area (Å²) in [7, 11) is 0. The molecule has 108 valence electrons. The van der Waals surface area contributed by atoms with E-state index in [9.17, 15) is 4.79 Å². The molecule has 0 bridgehead atoms. The van der Waals surface area contributed by atoms with Crippen molar-refractivity contribution in [1.82, 2.24) is 15.2 Å². The SMILES string of the molecule is O=c1[nH]cc(-c2cc(NCc3ccc(Cl)s3)[nH]n2)cc1Br. The highest BCUT2D eigenvalue weighted by atomic mass is 79.9. The summed E-state index contributed by atoms with van der Waals surface area (Å²) in [5.74, 6) is 0.803. The van der Waals surface area contributed by atoms with Crippen molar-refractivity contribution in [2.24, 2.45) is 0 Å². The van der Waals surface area contributed by atoms with Gasteiger partial charge in [-0.3, -0.25) is 9.89 Å². The van der Waals surface area contributed by atoms with Crippen molar-refractivity contribution in [3.8, 4) is 11.3 Å². The van der Waals surface area contributed by atoms with Crippen LogP contribution in [0.1, 0.15) is 4.88 Å². The number of aromatic amines is 2. The first-order valence-corrected chi connectivity index (χ1v) is 8.02. The molecule has 0 amide bonds. The van der Waals surface area contributed by atoms with Gasteiger partial charge < -0.3 is 10.3 Å². The molecular formula is C13H10BrClN4OS. The molecule has 0 saturated carbocycles. The van der Waals surface area contributed by atoms with Gasteiger partial charge in [0, 0.05) is 22.7 Å². The number of aromatic nitrogens is 3. The highest BCUT2D eigenvalue weighted by Crippen LogP contribution is 2.23. The predicted molar refractivity (Wildman–Crippen MR) is 89.0 cm³/mol. The van der Waals surface area contributed by atoms with Crippen molar-refractivity contribution in [3.63, 3.8) is 0 Å². The van der Waals surface area contributed by atoms with Crippen LogP contribution in [0.3, 0.4) is 0 Å². The van der Waals surface area contributed by atoms with Crippen LogP contribution >= 0.6 is 38.9 Å². The number of hydrogen-bond donors (Lipinski definition) is 3. The molecule has 0 radical (unpaired) electrons. The number of rotatable bonds is 4. The number of H-pyrrole nitrogens is 2. The Bertz CT molecular complexity index is 825. The summed E-state index contributed by atoms with van der Waals surface area (Å²) in [5.41, 5.74) is 1.41. The van der Waals surface area contributed by atoms with Crippen LogP contribution in [-0.2, 0) is 6.54 Å². The number of anilines is 1. The summed E-state index contributed by atoms with van der Waals surface area (Å²) in [6.07, 6.45) is 1.63. The van der Waals surface area contributed by atoms with Gasteiger partial charge in [-0.1, -0.05) is 11.6 Å². The molecule has 0 aliphatic heterocycles. The average molecular weight is 386 g/mol. The lowest BCUT2D eigenvalue weighted by Gasteiger charge is -1.99. The second-order valence-corrected chi connectivity index (χ2v) is 6.95. The Morgan fingerprint density at radius 1 is 1.38 bits per heavy atom. The minimum Gasteiger partial charge on any atom is -0.366 e. The molecule has 0 aliphatic rings. The molecule has 0 spiro atoms. The van der Waals surface area contributed by atoms with Crippen molar-refractivity contribution in [2.45, 2.75) is 6.54 Å². The molecule has 21 heavy (non-hydrogen) atoms. The molecule has 3 aromatic heterocycles. The van der Waals surface area contributed by atoms with Crippen LogP contribution in [0.15, 0.2) is 39.7 Å². The summed E-state index contributed by atoms with van der Waals surface area (Å²) >= 11 is 10.6. The Morgan fingerprint density at radius 3 is 2.95 bits per heavy atom. The van der Waals surface area contributed by atoms with Gasteiger partial charge in [0.05, 0.1) is 21.0 Å². The lowest BCUT2D eigenvalue weighted by atomic mass is 10.2. The van der Waals surface area contributed by atoms with E-state index < -0.39 is 0 Å². The molecule has 0 unspecified atom stereocenters. The van der Waals surface area contributed by atoms with Crippen LogP contribution in [0.2, 0.25) is 4.34 Å². The zero-order valence-corrected chi connectivity index (χ0v) is 13.8. The second kappa shape index (κ2) is 6.05. The Labute approximate surface area is 137 Å². The number of thiophene rings is 1. The van der Waals surface area contributed by atoms with E-state index in [1.807, 2.05) is 18.2 Å². The van der Waals surface area contributed by atoms with E-state index in [4.69, 9.17) is 11.6 Å². The van der Waals surface area contributed by atoms with Crippen molar-refractivity contribution in [3.05, 3.63) is 54.5 Å². The molecule has 3 N–H and O–H groups in total. The van der Waals surface area contributed by atoms with Crippen LogP contribution < -0.4 is 10.9 Å². The number of pyridine rings is 1. The van der Waals surface area contributed by atoms with Crippen LogP contribution in [-0.4, -0.2) is 15.2 Å². The Hall–Kier alpha value is -1.57. The van der Waals surface area contributed by atoms with E-state index >= 15 is 0 Å². The Morgan fingerprint density at radius 2 is 2.24 bits per heavy atom. The minimum absolute atomic E-state index is 0.165. The maximum Gasteiger partial charge on any atom is 0.262 e. The molecule has 0 saturated heterocycles. The molecule has 0 fully saturated rings. The van der Waals surface area contributed by atoms with Crippen LogP contribution in [0, 0.1) is 0 Å². The van der Waals surface area contributed by atoms with E-state index in [0.29, 0.717) is 11.0 Å². The lowest BCUT2D eigenvalue weighted by molar-refractivity contribution is 1.06. The van der Waals surface area contributed by atoms with Gasteiger partial charge in [0.25, 0.3) is 5.56 Å². The van der Waals surface area contributed by atoms with Gasteiger partial charge >= 0.3 is 0 Å². The van der Waals surface area contributed by atoms with Gasteiger partial charge in [-0.05, 0) is 34.1 Å². The zero-order valence-electron chi connectivity index (χ0n) is 10.6. The minimum atomic E-state index is -0.165. The number of hydrogen-bond acceptors (Lipinski definition) is 4. The standard InChI is InChI=1S/C13H10BrClN4OS/c14-9-3-7(5-17-13(9)20)10-4-12(19-18-10)16-6-8-1-2-11(15)21-8/h1-5H,6H2,(H,17,20)(H2,16,18,19). The first kappa shape index (κ1) is 14.4. The van der Waals surface area contributed by atoms with E-state index in [0.717, 1.165) is 26.3 Å². The summed E-state index contributed by atoms with van der Waals surface area (Å²) in [4.78, 5) is 15.1. The van der Waals surface area contributed by atoms with Crippen molar-refractivity contribution in [1.29, 1.82) is 0 Å². The van der Waals surface area contributed by atoms with Crippen molar-refractivity contribution >= 4 is 44.7 Å². The first-order valence-electron chi connectivity index (χ1n) is 6.04. The highest BCUT2D eigenvalue weighted by Gasteiger charge is 2.06. The van der Waals surface area contributed by atoms with Crippen LogP contribution in [0.25, 0.3) is 11.3 Å². The summed E-state index contributed by atoms with van der Waals surface area (Å²) < 4.78 is 1.25. The first-order chi connectivity index (χ1) is 10.1. The maximum absolute atomic E-state index is 11.3. The fraction of sp³-hybridized carbons (Fsp3) is 0.0769. The quantitative estimate of drug-likeness (QED) is 0.638. The number of halogens is 2. The van der Waals surface area contributed by atoms with E-state index in [1.54, 1.807) is 12.3 Å². The predicted octanol–water partition coefficient (Wildman–Crippen LogP) is 3.85. The van der Waals surface area contributed by atoms with E-state index in [2.05, 4.69) is 36.4 Å². The highest BCUT2D eigenvalue weighted by molar-refractivity contribution is 9.10. The van der Waals surface area contributed by atoms with Crippen molar-refractivity contribution in [2.75, 3.05) is 5.32 Å². The smallest absolute Gasteiger partial charge is 0.262 e. The van der Waals surface area contributed by atoms with Gasteiger partial charge in [0.2, 0.25) is 0 Å². The number of nitrogens with zero attached hydrogens (tertiary/aromatic N) is 1. The monoisotopic (exact) mass is 384 g/mol. The van der Waals surface area contributed by atoms with E-state index in [1.165, 1.54) is 11.3 Å². The molecule has 3 aromatic rings. The Kier molecular flexibility index (Phi) is 4.14. The Balaban J connectivity index is 1.73. The molecule has 0 aromatic carbocycles. The third kappa shape index (κ3) is 3.37. The maximum atomic E-state index is 11.3. The topological polar surface area (TPSA) is 73.6 Å². The normalized spacial score (nSPS) is 10.8.